The van der Waals surface area contributed by atoms with E-state index in [1.54, 1.807) is 28.6 Å². The molecule has 1 atom stereocenters. The summed E-state index contributed by atoms with van der Waals surface area (Å²) in [6, 6.07) is 8.44. The maximum atomic E-state index is 13.1. The molecule has 0 aliphatic carbocycles. The number of nitrogens with zero attached hydrogens (tertiary/aromatic N) is 2. The third-order valence-corrected chi connectivity index (χ3v) is 6.77. The number of piperidine rings is 1. The van der Waals surface area contributed by atoms with Gasteiger partial charge < -0.3 is 4.74 Å². The van der Waals surface area contributed by atoms with Crippen molar-refractivity contribution in [3.63, 3.8) is 0 Å². The van der Waals surface area contributed by atoms with Gasteiger partial charge in [0.25, 0.3) is 0 Å². The third kappa shape index (κ3) is 2.66. The molecule has 1 aromatic carbocycles. The summed E-state index contributed by atoms with van der Waals surface area (Å²) in [6.07, 6.45) is 3.49. The minimum Gasteiger partial charge on any atom is -0.376 e. The van der Waals surface area contributed by atoms with Crippen molar-refractivity contribution in [3.8, 4) is 0 Å². The van der Waals surface area contributed by atoms with E-state index in [9.17, 15) is 8.42 Å². The molecule has 1 N–H and O–H groups in total. The van der Waals surface area contributed by atoms with Gasteiger partial charge in [0.2, 0.25) is 10.0 Å². The highest BCUT2D eigenvalue weighted by molar-refractivity contribution is 7.89. The number of fused-ring (bicyclic) bond motifs is 1. The Balaban J connectivity index is 1.73. The Morgan fingerprint density at radius 3 is 2.88 bits per heavy atom. The van der Waals surface area contributed by atoms with Gasteiger partial charge in [-0.25, -0.2) is 8.42 Å². The van der Waals surface area contributed by atoms with E-state index in [-0.39, 0.29) is 6.04 Å². The summed E-state index contributed by atoms with van der Waals surface area (Å²) in [4.78, 5) is 0.345. The van der Waals surface area contributed by atoms with Crippen molar-refractivity contribution in [2.75, 3.05) is 13.2 Å². The molecule has 3 heterocycles. The van der Waals surface area contributed by atoms with Gasteiger partial charge in [-0.15, -0.1) is 0 Å². The summed E-state index contributed by atoms with van der Waals surface area (Å²) < 4.78 is 33.4. The topological polar surface area (TPSA) is 75.3 Å². The summed E-state index contributed by atoms with van der Waals surface area (Å²) in [5.41, 5.74) is 2.96. The number of nitrogens with one attached hydrogen (secondary N) is 1. The molecule has 6 nitrogen and oxygen atoms in total. The monoisotopic (exact) mass is 347 g/mol. The van der Waals surface area contributed by atoms with Gasteiger partial charge in [-0.3, -0.25) is 5.10 Å². The Labute approximate surface area is 141 Å². The van der Waals surface area contributed by atoms with Crippen molar-refractivity contribution in [3.05, 3.63) is 47.3 Å². The standard InChI is InChI=1S/C17H21N3O3S/c21-24(22,13-6-2-1-3-7-13)20-10-5-4-8-16(20)17-14-12-23-11-9-15(14)18-19-17/h1-3,6-7,16H,4-5,8-12H2,(H,18,19). The van der Waals surface area contributed by atoms with Gasteiger partial charge in [0.1, 0.15) is 0 Å². The van der Waals surface area contributed by atoms with Gasteiger partial charge in [-0.05, 0) is 25.0 Å². The average Bonchev–Trinajstić information content (AvgIpc) is 3.06. The molecule has 128 valence electrons. The molecule has 7 heteroatoms. The summed E-state index contributed by atoms with van der Waals surface area (Å²) in [6.45, 7) is 1.73. The van der Waals surface area contributed by atoms with E-state index in [1.165, 1.54) is 0 Å². The average molecular weight is 347 g/mol. The second-order valence-corrected chi connectivity index (χ2v) is 8.20. The van der Waals surface area contributed by atoms with Crippen LogP contribution < -0.4 is 0 Å². The minimum atomic E-state index is -3.53. The first-order chi connectivity index (χ1) is 11.7. The summed E-state index contributed by atoms with van der Waals surface area (Å²) >= 11 is 0. The molecule has 0 spiro atoms. The minimum absolute atomic E-state index is 0.217. The van der Waals surface area contributed by atoms with Crippen molar-refractivity contribution < 1.29 is 13.2 Å². The second-order valence-electron chi connectivity index (χ2n) is 6.31. The van der Waals surface area contributed by atoms with Gasteiger partial charge in [-0.1, -0.05) is 24.6 Å². The zero-order valence-electron chi connectivity index (χ0n) is 13.4. The fourth-order valence-corrected chi connectivity index (χ4v) is 5.28. The van der Waals surface area contributed by atoms with Crippen LogP contribution in [0.4, 0.5) is 0 Å². The molecule has 2 aromatic rings. The molecule has 2 aliphatic rings. The number of H-pyrrole nitrogens is 1. The van der Waals surface area contributed by atoms with E-state index in [2.05, 4.69) is 10.2 Å². The van der Waals surface area contributed by atoms with Gasteiger partial charge in [-0.2, -0.15) is 9.40 Å². The molecule has 4 rings (SSSR count). The maximum Gasteiger partial charge on any atom is 0.243 e. The number of ether oxygens (including phenoxy) is 1. The Kier molecular flexibility index (Phi) is 4.15. The van der Waals surface area contributed by atoms with E-state index in [1.807, 2.05) is 6.07 Å². The zero-order chi connectivity index (χ0) is 16.6. The molecule has 1 fully saturated rings. The van der Waals surface area contributed by atoms with Crippen LogP contribution in [0.2, 0.25) is 0 Å². The second kappa shape index (κ2) is 6.31. The first-order valence-corrected chi connectivity index (χ1v) is 9.82. The van der Waals surface area contributed by atoms with Crippen molar-refractivity contribution in [1.82, 2.24) is 14.5 Å². The van der Waals surface area contributed by atoms with Crippen LogP contribution in [0, 0.1) is 0 Å². The van der Waals surface area contributed by atoms with Crippen LogP contribution in [0.15, 0.2) is 35.2 Å². The quantitative estimate of drug-likeness (QED) is 0.925. The Morgan fingerprint density at radius 1 is 1.21 bits per heavy atom. The van der Waals surface area contributed by atoms with Gasteiger partial charge in [0, 0.05) is 24.2 Å². The molecule has 0 amide bonds. The number of benzene rings is 1. The molecule has 2 aliphatic heterocycles. The normalized spacial score (nSPS) is 22.2. The first kappa shape index (κ1) is 15.8. The lowest BCUT2D eigenvalue weighted by Crippen LogP contribution is -2.39. The van der Waals surface area contributed by atoms with E-state index in [0.717, 1.165) is 42.6 Å². The molecule has 1 saturated heterocycles. The summed E-state index contributed by atoms with van der Waals surface area (Å²) in [5.74, 6) is 0. The molecule has 1 aromatic heterocycles. The van der Waals surface area contributed by atoms with Crippen LogP contribution in [0.5, 0.6) is 0 Å². The van der Waals surface area contributed by atoms with Gasteiger partial charge in [0.15, 0.2) is 0 Å². The Morgan fingerprint density at radius 2 is 2.04 bits per heavy atom. The van der Waals surface area contributed by atoms with Crippen LogP contribution in [-0.2, 0) is 27.8 Å². The molecule has 1 unspecified atom stereocenters. The third-order valence-electron chi connectivity index (χ3n) is 4.85. The lowest BCUT2D eigenvalue weighted by Gasteiger charge is -2.34. The molecule has 0 bridgehead atoms. The van der Waals surface area contributed by atoms with Gasteiger partial charge >= 0.3 is 0 Å². The van der Waals surface area contributed by atoms with Gasteiger partial charge in [0.05, 0.1) is 29.8 Å². The van der Waals surface area contributed by atoms with Crippen molar-refractivity contribution in [1.29, 1.82) is 0 Å². The molecular formula is C17H21N3O3S. The Hall–Kier alpha value is -1.70. The number of hydrogen-bond donors (Lipinski definition) is 1. The lowest BCUT2D eigenvalue weighted by atomic mass is 9.97. The van der Waals surface area contributed by atoms with E-state index >= 15 is 0 Å². The number of sulfonamides is 1. The fourth-order valence-electron chi connectivity index (χ4n) is 3.60. The van der Waals surface area contributed by atoms with Crippen molar-refractivity contribution >= 4 is 10.0 Å². The SMILES string of the molecule is O=S(=O)(c1ccccc1)N1CCCCC1c1n[nH]c2c1COCC2. The maximum absolute atomic E-state index is 13.1. The van der Waals surface area contributed by atoms with E-state index in [4.69, 9.17) is 4.74 Å². The molecule has 0 radical (unpaired) electrons. The zero-order valence-corrected chi connectivity index (χ0v) is 14.3. The molecule has 24 heavy (non-hydrogen) atoms. The summed E-state index contributed by atoms with van der Waals surface area (Å²) in [7, 11) is -3.53. The molecule has 0 saturated carbocycles. The van der Waals surface area contributed by atoms with Crippen LogP contribution in [0.25, 0.3) is 0 Å². The predicted octanol–water partition coefficient (Wildman–Crippen LogP) is 2.40. The highest BCUT2D eigenvalue weighted by atomic mass is 32.2. The van der Waals surface area contributed by atoms with E-state index in [0.29, 0.717) is 24.7 Å². The lowest BCUT2D eigenvalue weighted by molar-refractivity contribution is 0.108. The largest absolute Gasteiger partial charge is 0.376 e. The van der Waals surface area contributed by atoms with Crippen LogP contribution in [0.3, 0.4) is 0 Å². The van der Waals surface area contributed by atoms with Crippen LogP contribution in [0.1, 0.15) is 42.3 Å². The summed E-state index contributed by atoms with van der Waals surface area (Å²) in [5, 5.41) is 7.55. The molecular weight excluding hydrogens is 326 g/mol. The number of rotatable bonds is 3. The highest BCUT2D eigenvalue weighted by Gasteiger charge is 2.37. The fraction of sp³-hybridized carbons (Fsp3) is 0.471. The number of aromatic nitrogens is 2. The number of hydrogen-bond acceptors (Lipinski definition) is 4. The van der Waals surface area contributed by atoms with Crippen LogP contribution >= 0.6 is 0 Å². The first-order valence-electron chi connectivity index (χ1n) is 8.38. The highest BCUT2D eigenvalue weighted by Crippen LogP contribution is 2.37. The van der Waals surface area contributed by atoms with Crippen molar-refractivity contribution in [2.24, 2.45) is 0 Å². The predicted molar refractivity (Wildman–Crippen MR) is 88.9 cm³/mol. The van der Waals surface area contributed by atoms with Crippen LogP contribution in [-0.4, -0.2) is 36.1 Å². The van der Waals surface area contributed by atoms with Crippen molar-refractivity contribution in [2.45, 2.75) is 43.2 Å². The smallest absolute Gasteiger partial charge is 0.243 e. The number of aromatic amines is 1. The Bertz CT molecular complexity index is 817. The van der Waals surface area contributed by atoms with E-state index < -0.39 is 10.0 Å².